The maximum absolute atomic E-state index is 13.3. The molecule has 1 aromatic rings. The predicted octanol–water partition coefficient (Wildman–Crippen LogP) is 1.76. The Morgan fingerprint density at radius 3 is 2.60 bits per heavy atom. The lowest BCUT2D eigenvalue weighted by Gasteiger charge is -2.24. The molecular weight excluding hydrogens is 207 g/mol. The van der Waals surface area contributed by atoms with Gasteiger partial charge in [0.1, 0.15) is 11.9 Å². The summed E-state index contributed by atoms with van der Waals surface area (Å²) in [6.45, 7) is 1.28. The molecule has 1 aliphatic heterocycles. The molecule has 0 amide bonds. The van der Waals surface area contributed by atoms with Crippen molar-refractivity contribution < 1.29 is 17.9 Å². The molecule has 0 aliphatic carbocycles. The number of rotatable bonds is 1. The van der Waals surface area contributed by atoms with Crippen molar-refractivity contribution in [3.05, 3.63) is 35.1 Å². The molecule has 1 fully saturated rings. The molecular formula is C10H10F3NO. The van der Waals surface area contributed by atoms with E-state index in [9.17, 15) is 13.2 Å². The van der Waals surface area contributed by atoms with E-state index in [1.54, 1.807) is 0 Å². The average molecular weight is 217 g/mol. The highest BCUT2D eigenvalue weighted by Crippen LogP contribution is 2.26. The van der Waals surface area contributed by atoms with E-state index in [1.165, 1.54) is 0 Å². The lowest BCUT2D eigenvalue weighted by molar-refractivity contribution is 0.0228. The maximum Gasteiger partial charge on any atom is 0.167 e. The van der Waals surface area contributed by atoms with Gasteiger partial charge in [0.25, 0.3) is 0 Å². The van der Waals surface area contributed by atoms with Crippen LogP contribution < -0.4 is 5.32 Å². The van der Waals surface area contributed by atoms with Crippen molar-refractivity contribution in [1.29, 1.82) is 0 Å². The first-order chi connectivity index (χ1) is 7.20. The van der Waals surface area contributed by atoms with Gasteiger partial charge in [-0.1, -0.05) is 0 Å². The highest BCUT2D eigenvalue weighted by atomic mass is 19.2. The van der Waals surface area contributed by atoms with Crippen LogP contribution in [0.2, 0.25) is 0 Å². The first kappa shape index (κ1) is 10.4. The third-order valence-corrected chi connectivity index (χ3v) is 2.33. The number of ether oxygens (including phenoxy) is 1. The summed E-state index contributed by atoms with van der Waals surface area (Å²) >= 11 is 0. The van der Waals surface area contributed by atoms with E-state index in [-0.39, 0.29) is 12.1 Å². The van der Waals surface area contributed by atoms with Crippen molar-refractivity contribution in [3.8, 4) is 0 Å². The van der Waals surface area contributed by atoms with Crippen molar-refractivity contribution in [1.82, 2.24) is 5.32 Å². The molecule has 1 aromatic carbocycles. The average Bonchev–Trinajstić information content (AvgIpc) is 2.26. The quantitative estimate of drug-likeness (QED) is 0.724. The molecule has 15 heavy (non-hydrogen) atoms. The highest BCUT2D eigenvalue weighted by Gasteiger charge is 2.25. The Labute approximate surface area is 85.0 Å². The fraction of sp³-hybridized carbons (Fsp3) is 0.400. The van der Waals surface area contributed by atoms with Gasteiger partial charge in [0.2, 0.25) is 0 Å². The second-order valence-corrected chi connectivity index (χ2v) is 3.32. The number of halogens is 3. The van der Waals surface area contributed by atoms with Crippen LogP contribution in [0.5, 0.6) is 0 Å². The summed E-state index contributed by atoms with van der Waals surface area (Å²) in [5.74, 6) is -2.99. The largest absolute Gasteiger partial charge is 0.371 e. The summed E-state index contributed by atoms with van der Waals surface area (Å²) in [5.41, 5.74) is -0.331. The van der Waals surface area contributed by atoms with Gasteiger partial charge in [0, 0.05) is 13.1 Å². The van der Waals surface area contributed by atoms with Gasteiger partial charge in [-0.25, -0.2) is 13.2 Å². The lowest BCUT2D eigenvalue weighted by Crippen LogP contribution is -2.34. The zero-order valence-corrected chi connectivity index (χ0v) is 7.90. The van der Waals surface area contributed by atoms with Gasteiger partial charge in [0.15, 0.2) is 11.6 Å². The van der Waals surface area contributed by atoms with Gasteiger partial charge >= 0.3 is 0 Å². The van der Waals surface area contributed by atoms with Crippen LogP contribution in [-0.2, 0) is 4.74 Å². The van der Waals surface area contributed by atoms with Crippen molar-refractivity contribution in [2.75, 3.05) is 19.7 Å². The van der Waals surface area contributed by atoms with Gasteiger partial charge in [-0.3, -0.25) is 0 Å². The first-order valence-electron chi connectivity index (χ1n) is 4.66. The normalized spacial score (nSPS) is 21.7. The smallest absolute Gasteiger partial charge is 0.167 e. The summed E-state index contributed by atoms with van der Waals surface area (Å²) in [6.07, 6.45) is -0.755. The molecule has 0 aromatic heterocycles. The second kappa shape index (κ2) is 4.20. The molecule has 0 spiro atoms. The zero-order chi connectivity index (χ0) is 10.8. The molecule has 0 bridgehead atoms. The molecule has 0 radical (unpaired) electrons. The summed E-state index contributed by atoms with van der Waals surface area (Å²) in [5, 5.41) is 2.93. The van der Waals surface area contributed by atoms with Crippen LogP contribution in [0.4, 0.5) is 13.2 Å². The fourth-order valence-corrected chi connectivity index (χ4v) is 1.59. The van der Waals surface area contributed by atoms with Gasteiger partial charge in [0.05, 0.1) is 12.2 Å². The minimum atomic E-state index is -1.16. The van der Waals surface area contributed by atoms with Crippen LogP contribution in [0.3, 0.4) is 0 Å². The van der Waals surface area contributed by atoms with E-state index < -0.39 is 23.6 Å². The lowest BCUT2D eigenvalue weighted by atomic mass is 10.1. The van der Waals surface area contributed by atoms with E-state index >= 15 is 0 Å². The van der Waals surface area contributed by atoms with Crippen LogP contribution in [0.25, 0.3) is 0 Å². The SMILES string of the molecule is Fc1ccc(F)c(C2CNCCO2)c1F. The molecule has 1 aliphatic rings. The van der Waals surface area contributed by atoms with Gasteiger partial charge in [-0.2, -0.15) is 0 Å². The molecule has 82 valence electrons. The number of morpholine rings is 1. The zero-order valence-electron chi connectivity index (χ0n) is 7.90. The van der Waals surface area contributed by atoms with E-state index in [0.717, 1.165) is 12.1 Å². The predicted molar refractivity (Wildman–Crippen MR) is 47.9 cm³/mol. The Morgan fingerprint density at radius 2 is 1.93 bits per heavy atom. The number of benzene rings is 1. The Morgan fingerprint density at radius 1 is 1.20 bits per heavy atom. The van der Waals surface area contributed by atoms with Crippen LogP contribution in [-0.4, -0.2) is 19.7 Å². The summed E-state index contributed by atoms with van der Waals surface area (Å²) in [6, 6.07) is 1.68. The number of hydrogen-bond donors (Lipinski definition) is 1. The highest BCUT2D eigenvalue weighted by molar-refractivity contribution is 5.24. The summed E-state index contributed by atoms with van der Waals surface area (Å²) < 4.78 is 44.7. The van der Waals surface area contributed by atoms with Gasteiger partial charge in [-0.15, -0.1) is 0 Å². The van der Waals surface area contributed by atoms with Crippen LogP contribution in [0, 0.1) is 17.5 Å². The molecule has 1 unspecified atom stereocenters. The Kier molecular flexibility index (Phi) is 2.93. The topological polar surface area (TPSA) is 21.3 Å². The molecule has 1 saturated heterocycles. The summed E-state index contributed by atoms with van der Waals surface area (Å²) in [7, 11) is 0. The van der Waals surface area contributed by atoms with E-state index in [1.807, 2.05) is 0 Å². The van der Waals surface area contributed by atoms with E-state index in [4.69, 9.17) is 4.74 Å². The Balaban J connectivity index is 2.36. The standard InChI is InChI=1S/C10H10F3NO/c11-6-1-2-7(12)10(13)9(6)8-5-14-3-4-15-8/h1-2,8,14H,3-5H2. The molecule has 1 atom stereocenters. The van der Waals surface area contributed by atoms with Crippen LogP contribution in [0.15, 0.2) is 12.1 Å². The van der Waals surface area contributed by atoms with Crippen LogP contribution in [0.1, 0.15) is 11.7 Å². The second-order valence-electron chi connectivity index (χ2n) is 3.32. The van der Waals surface area contributed by atoms with E-state index in [2.05, 4.69) is 5.32 Å². The Hall–Kier alpha value is -1.07. The minimum absolute atomic E-state index is 0.289. The maximum atomic E-state index is 13.3. The molecule has 0 saturated carbocycles. The van der Waals surface area contributed by atoms with Crippen molar-refractivity contribution in [2.45, 2.75) is 6.10 Å². The minimum Gasteiger partial charge on any atom is -0.371 e. The molecule has 1 heterocycles. The van der Waals surface area contributed by atoms with Crippen molar-refractivity contribution >= 4 is 0 Å². The first-order valence-corrected chi connectivity index (χ1v) is 4.66. The number of nitrogens with one attached hydrogen (secondary N) is 1. The Bertz CT molecular complexity index is 364. The van der Waals surface area contributed by atoms with Crippen LogP contribution >= 0.6 is 0 Å². The summed E-state index contributed by atoms with van der Waals surface area (Å²) in [4.78, 5) is 0. The van der Waals surface area contributed by atoms with Crippen molar-refractivity contribution in [2.24, 2.45) is 0 Å². The van der Waals surface area contributed by atoms with E-state index in [0.29, 0.717) is 13.2 Å². The third-order valence-electron chi connectivity index (χ3n) is 2.33. The molecule has 1 N–H and O–H groups in total. The fourth-order valence-electron chi connectivity index (χ4n) is 1.59. The van der Waals surface area contributed by atoms with Crippen molar-refractivity contribution in [3.63, 3.8) is 0 Å². The third kappa shape index (κ3) is 1.98. The van der Waals surface area contributed by atoms with Gasteiger partial charge < -0.3 is 10.1 Å². The molecule has 2 rings (SSSR count). The van der Waals surface area contributed by atoms with Gasteiger partial charge in [-0.05, 0) is 12.1 Å². The molecule has 5 heteroatoms. The molecule has 2 nitrogen and oxygen atoms in total. The number of hydrogen-bond acceptors (Lipinski definition) is 2. The monoisotopic (exact) mass is 217 g/mol.